The lowest BCUT2D eigenvalue weighted by atomic mass is 9.85. The molecule has 2 saturated heterocycles. The number of Topliss-reactive ketones (excluding diaryl/α,β-unsaturated/α-hetero) is 1. The second-order valence-electron chi connectivity index (χ2n) is 10.8. The smallest absolute Gasteiger partial charge is 0.383 e. The molecule has 6 heterocycles. The van der Waals surface area contributed by atoms with Crippen LogP contribution in [0.3, 0.4) is 0 Å². The van der Waals surface area contributed by atoms with Gasteiger partial charge in [-0.3, -0.25) is 19.7 Å². The Morgan fingerprint density at radius 2 is 1.68 bits per heavy atom. The number of nitrogen functional groups attached to an aromatic ring is 1. The van der Waals surface area contributed by atoms with Crippen molar-refractivity contribution >= 4 is 23.2 Å². The number of piperidine rings is 1. The van der Waals surface area contributed by atoms with Crippen molar-refractivity contribution in [3.05, 3.63) is 53.6 Å². The number of pyridine rings is 1. The minimum absolute atomic E-state index is 0.0383. The van der Waals surface area contributed by atoms with Crippen LogP contribution in [0.4, 0.5) is 32.2 Å². The molecule has 6 rings (SSSR count). The van der Waals surface area contributed by atoms with Crippen LogP contribution in [0.2, 0.25) is 0 Å². The number of aromatic amines is 1. The van der Waals surface area contributed by atoms with Gasteiger partial charge in [0.2, 0.25) is 5.82 Å². The number of amides is 1. The van der Waals surface area contributed by atoms with Gasteiger partial charge in [-0.05, 0) is 38.7 Å². The van der Waals surface area contributed by atoms with Gasteiger partial charge in [0.1, 0.15) is 12.1 Å². The molecule has 4 N–H and O–H groups in total. The summed E-state index contributed by atoms with van der Waals surface area (Å²) < 4.78 is 81.1. The molecule has 2 aliphatic heterocycles. The van der Waals surface area contributed by atoms with Crippen molar-refractivity contribution in [1.29, 1.82) is 0 Å². The fraction of sp³-hybridized carbons (Fsp3) is 0.423. The number of ketones is 1. The Labute approximate surface area is 243 Å². The first-order chi connectivity index (χ1) is 20.6. The van der Waals surface area contributed by atoms with Crippen LogP contribution in [-0.2, 0) is 5.60 Å². The fourth-order valence-electron chi connectivity index (χ4n) is 6.27. The molecule has 2 fully saturated rings. The molecule has 232 valence electrons. The number of nitrogens with one attached hydrogen (secondary N) is 1. The first-order valence-corrected chi connectivity index (χ1v) is 13.3. The fourth-order valence-corrected chi connectivity index (χ4v) is 6.27. The summed E-state index contributed by atoms with van der Waals surface area (Å²) in [5, 5.41) is 20.1. The number of hydrogen-bond donors (Lipinski definition) is 3. The summed E-state index contributed by atoms with van der Waals surface area (Å²) >= 11 is 0. The maximum Gasteiger partial charge on any atom is 0.432 e. The average molecular weight is 624 g/mol. The van der Waals surface area contributed by atoms with Gasteiger partial charge < -0.3 is 15.7 Å². The predicted octanol–water partition coefficient (Wildman–Crippen LogP) is 3.56. The number of aromatic nitrogens is 7. The number of rotatable bonds is 5. The van der Waals surface area contributed by atoms with E-state index in [1.54, 1.807) is 4.90 Å². The lowest BCUT2D eigenvalue weighted by Gasteiger charge is -2.38. The van der Waals surface area contributed by atoms with E-state index in [4.69, 9.17) is 10.7 Å². The summed E-state index contributed by atoms with van der Waals surface area (Å²) in [5.41, 5.74) is 0.295. The van der Waals surface area contributed by atoms with Gasteiger partial charge in [-0.15, -0.1) is 0 Å². The molecule has 0 aliphatic carbocycles. The van der Waals surface area contributed by atoms with Crippen LogP contribution in [0, 0.1) is 0 Å². The van der Waals surface area contributed by atoms with Gasteiger partial charge in [0, 0.05) is 35.3 Å². The highest BCUT2D eigenvalue weighted by Gasteiger charge is 2.72. The Hall–Kier alpha value is -4.61. The second kappa shape index (κ2) is 9.96. The topological polar surface area (TPSA) is 168 Å². The zero-order valence-electron chi connectivity index (χ0n) is 22.7. The van der Waals surface area contributed by atoms with Crippen LogP contribution < -0.4 is 5.73 Å². The number of aliphatic hydroxyl groups is 1. The second-order valence-corrected chi connectivity index (χ2v) is 10.8. The Kier molecular flexibility index (Phi) is 6.67. The number of nitrogens with zero attached hydrogens (tertiary/aromatic N) is 7. The first-order valence-electron chi connectivity index (χ1n) is 13.3. The van der Waals surface area contributed by atoms with Crippen LogP contribution in [0.1, 0.15) is 70.9 Å². The number of alkyl halides is 6. The first kappa shape index (κ1) is 29.5. The van der Waals surface area contributed by atoms with Crippen molar-refractivity contribution in [2.75, 3.05) is 5.73 Å². The van der Waals surface area contributed by atoms with E-state index in [2.05, 4.69) is 25.3 Å². The third-order valence-electron chi connectivity index (χ3n) is 8.30. The standard InChI is InChI=1S/C26H23F6N9O3/c1-11(42)18-19(13-6-14-3-4-15(7-13)40(14)23(43)21-35-10-36-39-21)38-22-16(9-37-41(22)20(18)33)12-2-5-17(34-8-12)24(44,25(27,28)29)26(30,31)32/h2,5,8-10,13-15,44H,3-4,6-7,33H2,1H3,(H,35,36,39)/t13?,14-,15+. The van der Waals surface area contributed by atoms with Gasteiger partial charge in [0.15, 0.2) is 11.4 Å². The van der Waals surface area contributed by atoms with Gasteiger partial charge in [-0.25, -0.2) is 9.97 Å². The highest BCUT2D eigenvalue weighted by Crippen LogP contribution is 2.50. The highest BCUT2D eigenvalue weighted by atomic mass is 19.4. The number of carbonyl (C=O) groups is 2. The molecule has 4 aromatic heterocycles. The molecule has 18 heteroatoms. The largest absolute Gasteiger partial charge is 0.432 e. The summed E-state index contributed by atoms with van der Waals surface area (Å²) in [6.07, 6.45) is -6.64. The van der Waals surface area contributed by atoms with E-state index in [1.165, 1.54) is 19.4 Å². The molecule has 1 unspecified atom stereocenters. The lowest BCUT2D eigenvalue weighted by Crippen LogP contribution is -2.54. The molecule has 4 aromatic rings. The van der Waals surface area contributed by atoms with Crippen molar-refractivity contribution in [2.24, 2.45) is 0 Å². The maximum atomic E-state index is 13.3. The number of carbonyl (C=O) groups excluding carboxylic acids is 2. The monoisotopic (exact) mass is 623 g/mol. The van der Waals surface area contributed by atoms with Gasteiger partial charge >= 0.3 is 12.4 Å². The van der Waals surface area contributed by atoms with E-state index in [0.29, 0.717) is 37.4 Å². The Bertz CT molecular complexity index is 1720. The maximum absolute atomic E-state index is 13.3. The summed E-state index contributed by atoms with van der Waals surface area (Å²) in [7, 11) is 0. The van der Waals surface area contributed by atoms with E-state index in [9.17, 15) is 41.0 Å². The molecule has 2 bridgehead atoms. The molecule has 12 nitrogen and oxygen atoms in total. The minimum atomic E-state index is -6.09. The van der Waals surface area contributed by atoms with E-state index >= 15 is 0 Å². The number of fused-ring (bicyclic) bond motifs is 3. The van der Waals surface area contributed by atoms with Crippen LogP contribution in [0.5, 0.6) is 0 Å². The number of H-pyrrole nitrogens is 1. The Morgan fingerprint density at radius 1 is 1.02 bits per heavy atom. The van der Waals surface area contributed by atoms with Crippen LogP contribution in [0.25, 0.3) is 16.8 Å². The average Bonchev–Trinajstić information content (AvgIpc) is 3.69. The van der Waals surface area contributed by atoms with Crippen molar-refractivity contribution in [3.8, 4) is 11.1 Å². The van der Waals surface area contributed by atoms with Crippen LogP contribution in [-0.4, -0.2) is 80.9 Å². The molecule has 2 aliphatic rings. The normalized spacial score (nSPS) is 20.8. The molecule has 0 radical (unpaired) electrons. The zero-order valence-corrected chi connectivity index (χ0v) is 22.7. The summed E-state index contributed by atoms with van der Waals surface area (Å²) in [5.74, 6) is -0.930. The predicted molar refractivity (Wildman–Crippen MR) is 138 cm³/mol. The number of anilines is 1. The van der Waals surface area contributed by atoms with Crippen molar-refractivity contribution < 1.29 is 41.0 Å². The molecule has 1 amide bonds. The highest BCUT2D eigenvalue weighted by molar-refractivity contribution is 6.00. The van der Waals surface area contributed by atoms with E-state index in [1.807, 2.05) is 0 Å². The Morgan fingerprint density at radius 3 is 2.20 bits per heavy atom. The van der Waals surface area contributed by atoms with E-state index < -0.39 is 23.6 Å². The summed E-state index contributed by atoms with van der Waals surface area (Å²) in [4.78, 5) is 39.6. The quantitative estimate of drug-likeness (QED) is 0.222. The number of halogens is 6. The van der Waals surface area contributed by atoms with Crippen LogP contribution >= 0.6 is 0 Å². The van der Waals surface area contributed by atoms with Crippen molar-refractivity contribution in [1.82, 2.24) is 39.7 Å². The third-order valence-corrected chi connectivity index (χ3v) is 8.30. The minimum Gasteiger partial charge on any atom is -0.383 e. The molecule has 44 heavy (non-hydrogen) atoms. The van der Waals surface area contributed by atoms with E-state index in [-0.39, 0.29) is 63.7 Å². The molecule has 0 saturated carbocycles. The summed E-state index contributed by atoms with van der Waals surface area (Å²) in [6.45, 7) is 1.31. The molecular weight excluding hydrogens is 600 g/mol. The number of nitrogens with two attached hydrogens (primary N) is 1. The molecule has 0 aromatic carbocycles. The van der Waals surface area contributed by atoms with Gasteiger partial charge in [0.05, 0.1) is 23.1 Å². The van der Waals surface area contributed by atoms with Gasteiger partial charge in [0.25, 0.3) is 11.5 Å². The SMILES string of the molecule is CC(=O)c1c(C2C[C@H]3CC[C@@H](C2)N3C(=O)c2ncn[nH]2)nc2c(-c3ccc(C(O)(C(F)(F)F)C(F)(F)F)nc3)cnn2c1N. The molecule has 3 atom stereocenters. The van der Waals surface area contributed by atoms with E-state index in [0.717, 1.165) is 16.8 Å². The third kappa shape index (κ3) is 4.37. The van der Waals surface area contributed by atoms with Gasteiger partial charge in [-0.2, -0.15) is 41.1 Å². The van der Waals surface area contributed by atoms with Crippen LogP contribution in [0.15, 0.2) is 30.9 Å². The lowest BCUT2D eigenvalue weighted by molar-refractivity contribution is -0.377. The number of hydrogen-bond acceptors (Lipinski definition) is 9. The van der Waals surface area contributed by atoms with Crippen molar-refractivity contribution in [2.45, 2.75) is 68.6 Å². The Balaban J connectivity index is 1.39. The molecule has 0 spiro atoms. The zero-order chi connectivity index (χ0) is 31.8. The van der Waals surface area contributed by atoms with Crippen molar-refractivity contribution in [3.63, 3.8) is 0 Å². The summed E-state index contributed by atoms with van der Waals surface area (Å²) in [6, 6.07) is 0.981. The van der Waals surface area contributed by atoms with Gasteiger partial charge in [-0.1, -0.05) is 6.07 Å². The molecular formula is C26H23F6N9O3.